The number of allylic oxidation sites excluding steroid dienone is 3. The summed E-state index contributed by atoms with van der Waals surface area (Å²) in [5.41, 5.74) is 0. The van der Waals surface area contributed by atoms with Gasteiger partial charge in [0, 0.05) is 32.1 Å². The van der Waals surface area contributed by atoms with Crippen LogP contribution in [-0.4, -0.2) is 315 Å². The minimum atomic E-state index is -3.37. The summed E-state index contributed by atoms with van der Waals surface area (Å²) in [4.78, 5) is 53.2. The van der Waals surface area contributed by atoms with E-state index in [2.05, 4.69) is 36.6 Å². The standard InChI is InChI=1S/C78H138N2O31/c1-5-7-9-11-13-15-17-19-20-21-22-23-24-26-28-30-32-34-36-38-58(91)80-50(51(88)37-35-33-31-29-27-25-18-16-14-12-10-8-6-2)46-102-74-66(98)64(96)69(56(44-84)105-74)108-76-67(99)72(111-78(77(100)101)40-52(89)59(79-48(4)87)71(110-78)60(92)53(90)41-81)70(57(45-85)106-76)109-73-49(39-47(3)86)68(62(94)55(43-83)103-73)107-75-65(97)63(95)61(93)54(42-82)104-75/h19-20,35,37,49-57,59-76,81-85,88-90,92-99H,5-18,21-34,36,38-46H2,1-4H3,(H,79,87)(H,80,91)(H,100,101)/b20-19-,37-35+/t49-,50+,51-,52+,53-,54-,55-,56-,57-,59-,60-,61+,62+,63+,64-,65-,66-,67-,68-,69-,70+,71?,72-,73+,74-,75+,76+,78+/m1/s1. The number of carboxylic acid groups (broad SMARTS) is 1. The molecular formula is C78H138N2O31. The second kappa shape index (κ2) is 53.1. The molecule has 646 valence electrons. The van der Waals surface area contributed by atoms with Gasteiger partial charge in [-0.1, -0.05) is 179 Å². The van der Waals surface area contributed by atoms with E-state index in [9.17, 15) is 106 Å². The number of Topliss-reactive ketones (excluding diaryl/α,β-unsaturated/α-hetero) is 1. The molecule has 33 heteroatoms. The second-order valence-electron chi connectivity index (χ2n) is 30.7. The van der Waals surface area contributed by atoms with Gasteiger partial charge in [-0.3, -0.25) is 9.59 Å². The van der Waals surface area contributed by atoms with Gasteiger partial charge in [-0.15, -0.1) is 0 Å². The Hall–Kier alpha value is -3.48. The van der Waals surface area contributed by atoms with Crippen LogP contribution in [0.3, 0.4) is 0 Å². The molecule has 5 rings (SSSR count). The van der Waals surface area contributed by atoms with Crippen molar-refractivity contribution in [3.63, 3.8) is 0 Å². The monoisotopic (exact) mass is 1600 g/mol. The Bertz CT molecular complexity index is 2620. The highest BCUT2D eigenvalue weighted by Crippen LogP contribution is 2.43. The third kappa shape index (κ3) is 31.4. The predicted molar refractivity (Wildman–Crippen MR) is 398 cm³/mol. The predicted octanol–water partition coefficient (Wildman–Crippen LogP) is 1.38. The molecule has 0 saturated carbocycles. The normalized spacial score (nSPS) is 33.9. The number of carbonyl (C=O) groups excluding carboxylic acids is 3. The van der Waals surface area contributed by atoms with Gasteiger partial charge in [0.05, 0.1) is 70.0 Å². The number of hydrogen-bond donors (Lipinski definition) is 19. The van der Waals surface area contributed by atoms with Gasteiger partial charge in [0.2, 0.25) is 11.8 Å². The Morgan fingerprint density at radius 3 is 1.46 bits per heavy atom. The molecule has 5 aliphatic heterocycles. The number of carbonyl (C=O) groups is 4. The first-order valence-corrected chi connectivity index (χ1v) is 41.0. The van der Waals surface area contributed by atoms with Crippen LogP contribution in [0.1, 0.15) is 233 Å². The molecule has 5 saturated heterocycles. The van der Waals surface area contributed by atoms with E-state index >= 15 is 0 Å². The van der Waals surface area contributed by atoms with E-state index in [-0.39, 0.29) is 12.3 Å². The molecule has 19 N–H and O–H groups in total. The number of carboxylic acids is 1. The lowest BCUT2D eigenvalue weighted by Gasteiger charge is -2.52. The molecule has 0 bridgehead atoms. The molecule has 0 spiro atoms. The molecule has 0 aliphatic carbocycles. The lowest BCUT2D eigenvalue weighted by atomic mass is 9.86. The summed E-state index contributed by atoms with van der Waals surface area (Å²) in [6.07, 6.45) is -10.1. The molecule has 5 heterocycles. The van der Waals surface area contributed by atoms with Gasteiger partial charge in [-0.05, 0) is 51.9 Å². The van der Waals surface area contributed by atoms with E-state index in [4.69, 9.17) is 47.4 Å². The minimum absolute atomic E-state index is 0.132. The number of nitrogens with one attached hydrogen (secondary N) is 2. The first-order chi connectivity index (χ1) is 53.3. The molecule has 0 aromatic rings. The Balaban J connectivity index is 1.36. The number of hydrogen-bond acceptors (Lipinski definition) is 30. The number of aliphatic hydroxyl groups excluding tert-OH is 16. The van der Waals surface area contributed by atoms with Crippen molar-refractivity contribution in [3.8, 4) is 0 Å². The molecule has 28 atom stereocenters. The van der Waals surface area contributed by atoms with Gasteiger partial charge >= 0.3 is 5.97 Å². The number of unbranched alkanes of at least 4 members (excludes halogenated alkanes) is 26. The zero-order valence-corrected chi connectivity index (χ0v) is 65.6. The number of aliphatic hydroxyl groups is 16. The molecule has 33 nitrogen and oxygen atoms in total. The van der Waals surface area contributed by atoms with Crippen molar-refractivity contribution in [1.82, 2.24) is 10.6 Å². The van der Waals surface area contributed by atoms with Crippen molar-refractivity contribution in [2.75, 3.05) is 39.6 Å². The van der Waals surface area contributed by atoms with Gasteiger partial charge in [0.25, 0.3) is 5.79 Å². The molecule has 5 fully saturated rings. The Kier molecular flexibility index (Phi) is 46.9. The Morgan fingerprint density at radius 2 is 0.946 bits per heavy atom. The summed E-state index contributed by atoms with van der Waals surface area (Å²) in [6.45, 7) is 0.520. The van der Waals surface area contributed by atoms with Crippen molar-refractivity contribution in [2.45, 2.75) is 398 Å². The minimum Gasteiger partial charge on any atom is -0.477 e. The average Bonchev–Trinajstić information content (AvgIpc) is 0.748. The summed E-state index contributed by atoms with van der Waals surface area (Å²) in [5.74, 6) is -9.08. The molecule has 0 radical (unpaired) electrons. The lowest BCUT2D eigenvalue weighted by molar-refractivity contribution is -0.406. The van der Waals surface area contributed by atoms with Crippen LogP contribution >= 0.6 is 0 Å². The Labute approximate surface area is 653 Å². The number of ketones is 1. The van der Waals surface area contributed by atoms with Gasteiger partial charge in [0.15, 0.2) is 25.2 Å². The molecule has 2 amide bonds. The van der Waals surface area contributed by atoms with Crippen molar-refractivity contribution >= 4 is 23.6 Å². The highest BCUT2D eigenvalue weighted by Gasteiger charge is 2.62. The first-order valence-electron chi connectivity index (χ1n) is 41.0. The fraction of sp³-hybridized carbons (Fsp3) is 0.897. The molecular weight excluding hydrogens is 1460 g/mol. The maximum atomic E-state index is 13.8. The van der Waals surface area contributed by atoms with Crippen LogP contribution in [0.4, 0.5) is 0 Å². The quantitative estimate of drug-likeness (QED) is 0.0302. The SMILES string of the molecule is CCCCCCCC/C=C\CCCCCCCCCCCC(=O)N[C@@H](CO[C@@H]1O[C@H](CO)[C@@H](O[C@@H]2O[C@H](CO)[C@H](O[C@@H]3O[C@H](CO)[C@H](O)[C@H](O[C@@H]4O[C@H](CO)[C@H](O)[C@H](O)[C@H]4O)[C@H]3CC(C)=O)[C@H](O[C@]3(C(=O)O)C[C@H](O)[C@@H](NC(C)=O)C([C@H](O)[C@H](O)CO)O3)[C@H]2O)[C@H](O)[C@H]1O)[C@H](O)/C=C/CCCCCCCCCCCCC. The summed E-state index contributed by atoms with van der Waals surface area (Å²) in [6, 6.07) is -2.90. The van der Waals surface area contributed by atoms with E-state index in [1.807, 2.05) is 6.08 Å². The summed E-state index contributed by atoms with van der Waals surface area (Å²) in [7, 11) is 0. The smallest absolute Gasteiger partial charge is 0.364 e. The van der Waals surface area contributed by atoms with Crippen molar-refractivity contribution in [2.24, 2.45) is 5.92 Å². The third-order valence-electron chi connectivity index (χ3n) is 21.5. The van der Waals surface area contributed by atoms with Crippen LogP contribution in [-0.2, 0) is 66.5 Å². The second-order valence-corrected chi connectivity index (χ2v) is 30.7. The first kappa shape index (κ1) is 98.1. The van der Waals surface area contributed by atoms with E-state index in [1.165, 1.54) is 103 Å². The van der Waals surface area contributed by atoms with Crippen molar-refractivity contribution < 1.29 is 153 Å². The topological polar surface area (TPSA) is 529 Å². The molecule has 0 aromatic heterocycles. The summed E-state index contributed by atoms with van der Waals surface area (Å²) in [5, 5.41) is 195. The number of aliphatic carboxylic acids is 1. The lowest BCUT2D eigenvalue weighted by Crippen LogP contribution is -2.71. The van der Waals surface area contributed by atoms with Crippen LogP contribution < -0.4 is 10.6 Å². The van der Waals surface area contributed by atoms with Crippen molar-refractivity contribution in [3.05, 3.63) is 24.3 Å². The molecule has 5 aliphatic rings. The van der Waals surface area contributed by atoms with Gasteiger partial charge < -0.3 is 150 Å². The van der Waals surface area contributed by atoms with Crippen LogP contribution in [0.25, 0.3) is 0 Å². The molecule has 1 unspecified atom stereocenters. The number of rotatable bonds is 56. The van der Waals surface area contributed by atoms with E-state index < -0.39 is 241 Å². The van der Waals surface area contributed by atoms with Gasteiger partial charge in [0.1, 0.15) is 110 Å². The fourth-order valence-corrected chi connectivity index (χ4v) is 15.0. The van der Waals surface area contributed by atoms with Crippen LogP contribution in [0, 0.1) is 5.92 Å². The van der Waals surface area contributed by atoms with Crippen molar-refractivity contribution in [1.29, 1.82) is 0 Å². The van der Waals surface area contributed by atoms with E-state index in [1.54, 1.807) is 6.08 Å². The van der Waals surface area contributed by atoms with Gasteiger partial charge in [-0.2, -0.15) is 0 Å². The number of amides is 2. The zero-order valence-electron chi connectivity index (χ0n) is 65.6. The van der Waals surface area contributed by atoms with E-state index in [0.29, 0.717) is 12.8 Å². The highest BCUT2D eigenvalue weighted by atomic mass is 16.8. The maximum Gasteiger partial charge on any atom is 0.364 e. The zero-order chi connectivity index (χ0) is 81.6. The van der Waals surface area contributed by atoms with Crippen LogP contribution in [0.15, 0.2) is 24.3 Å². The maximum absolute atomic E-state index is 13.8. The average molecular weight is 1600 g/mol. The molecule has 0 aromatic carbocycles. The largest absolute Gasteiger partial charge is 0.477 e. The van der Waals surface area contributed by atoms with E-state index in [0.717, 1.165) is 84.5 Å². The number of ether oxygens (including phenoxy) is 10. The third-order valence-corrected chi connectivity index (χ3v) is 21.5. The highest BCUT2D eigenvalue weighted by molar-refractivity contribution is 5.77. The molecule has 111 heavy (non-hydrogen) atoms. The van der Waals surface area contributed by atoms with Gasteiger partial charge in [-0.25, -0.2) is 4.79 Å². The Morgan fingerprint density at radius 1 is 0.495 bits per heavy atom. The summed E-state index contributed by atoms with van der Waals surface area (Å²) >= 11 is 0. The van der Waals surface area contributed by atoms with Crippen LogP contribution in [0.5, 0.6) is 0 Å². The fourth-order valence-electron chi connectivity index (χ4n) is 15.0. The van der Waals surface area contributed by atoms with Crippen LogP contribution in [0.2, 0.25) is 0 Å². The summed E-state index contributed by atoms with van der Waals surface area (Å²) < 4.78 is 60.4.